The van der Waals surface area contributed by atoms with Crippen molar-refractivity contribution < 1.29 is 0 Å². The lowest BCUT2D eigenvalue weighted by atomic mass is 10.5. The molecule has 0 atom stereocenters. The standard InChI is InChI=1S/C7H7ClN2/c1-10-5-7(9-6-10)3-2-4-8/h5-6H,4H2,1H3. The van der Waals surface area contributed by atoms with Crippen molar-refractivity contribution in [1.29, 1.82) is 0 Å². The van der Waals surface area contributed by atoms with E-state index in [0.29, 0.717) is 5.88 Å². The molecule has 2 nitrogen and oxygen atoms in total. The fourth-order valence-corrected chi connectivity index (χ4v) is 0.668. The highest BCUT2D eigenvalue weighted by Gasteiger charge is 1.87. The third kappa shape index (κ3) is 1.78. The van der Waals surface area contributed by atoms with E-state index in [-0.39, 0.29) is 0 Å². The molecular formula is C7H7ClN2. The Hall–Kier alpha value is -0.940. The van der Waals surface area contributed by atoms with Gasteiger partial charge in [-0.15, -0.1) is 11.6 Å². The van der Waals surface area contributed by atoms with Gasteiger partial charge in [0.2, 0.25) is 0 Å². The SMILES string of the molecule is Cn1cnc(C#CCCl)c1. The first-order chi connectivity index (χ1) is 4.83. The number of rotatable bonds is 0. The zero-order chi connectivity index (χ0) is 7.40. The molecule has 1 aromatic heterocycles. The maximum Gasteiger partial charge on any atom is 0.131 e. The molecule has 0 N–H and O–H groups in total. The molecular weight excluding hydrogens is 148 g/mol. The van der Waals surface area contributed by atoms with Crippen LogP contribution < -0.4 is 0 Å². The largest absolute Gasteiger partial charge is 0.339 e. The molecule has 3 heteroatoms. The number of hydrogen-bond donors (Lipinski definition) is 0. The summed E-state index contributed by atoms with van der Waals surface area (Å²) in [6.07, 6.45) is 3.55. The van der Waals surface area contributed by atoms with Gasteiger partial charge in [0.25, 0.3) is 0 Å². The van der Waals surface area contributed by atoms with Crippen molar-refractivity contribution in [1.82, 2.24) is 9.55 Å². The Morgan fingerprint density at radius 2 is 2.60 bits per heavy atom. The molecule has 0 spiro atoms. The third-order valence-electron chi connectivity index (χ3n) is 0.988. The van der Waals surface area contributed by atoms with Crippen molar-refractivity contribution in [3.63, 3.8) is 0 Å². The van der Waals surface area contributed by atoms with E-state index < -0.39 is 0 Å². The van der Waals surface area contributed by atoms with Gasteiger partial charge in [0, 0.05) is 13.2 Å². The van der Waals surface area contributed by atoms with Crippen LogP contribution in [0.15, 0.2) is 12.5 Å². The van der Waals surface area contributed by atoms with E-state index in [1.165, 1.54) is 0 Å². The number of aromatic nitrogens is 2. The average Bonchev–Trinajstić information content (AvgIpc) is 2.31. The number of aryl methyl sites for hydroxylation is 1. The molecule has 0 saturated heterocycles. The van der Waals surface area contributed by atoms with E-state index in [1.807, 2.05) is 17.8 Å². The van der Waals surface area contributed by atoms with Crippen LogP contribution in [0.4, 0.5) is 0 Å². The van der Waals surface area contributed by atoms with Gasteiger partial charge in [-0.3, -0.25) is 0 Å². The molecule has 0 aliphatic rings. The van der Waals surface area contributed by atoms with E-state index in [1.54, 1.807) is 6.33 Å². The summed E-state index contributed by atoms with van der Waals surface area (Å²) >= 11 is 5.35. The average molecular weight is 155 g/mol. The van der Waals surface area contributed by atoms with Crippen molar-refractivity contribution in [2.45, 2.75) is 0 Å². The molecule has 10 heavy (non-hydrogen) atoms. The Labute approximate surface area is 64.8 Å². The van der Waals surface area contributed by atoms with Gasteiger partial charge in [-0.05, 0) is 5.92 Å². The third-order valence-corrected chi connectivity index (χ3v) is 1.12. The quantitative estimate of drug-likeness (QED) is 0.403. The van der Waals surface area contributed by atoms with Crippen LogP contribution in [-0.2, 0) is 7.05 Å². The van der Waals surface area contributed by atoms with Crippen LogP contribution in [0.3, 0.4) is 0 Å². The Bertz CT molecular complexity index is 267. The number of hydrogen-bond acceptors (Lipinski definition) is 1. The van der Waals surface area contributed by atoms with Crippen molar-refractivity contribution >= 4 is 11.6 Å². The fraction of sp³-hybridized carbons (Fsp3) is 0.286. The highest BCUT2D eigenvalue weighted by atomic mass is 35.5. The molecule has 1 heterocycles. The normalized spacial score (nSPS) is 8.60. The zero-order valence-corrected chi connectivity index (χ0v) is 6.39. The van der Waals surface area contributed by atoms with Gasteiger partial charge in [-0.25, -0.2) is 4.98 Å². The van der Waals surface area contributed by atoms with Crippen LogP contribution in [-0.4, -0.2) is 15.4 Å². The van der Waals surface area contributed by atoms with Gasteiger partial charge in [-0.2, -0.15) is 0 Å². The summed E-state index contributed by atoms with van der Waals surface area (Å²) in [6, 6.07) is 0. The summed E-state index contributed by atoms with van der Waals surface area (Å²) in [6.45, 7) is 0. The van der Waals surface area contributed by atoms with Crippen LogP contribution in [0.2, 0.25) is 0 Å². The molecule has 0 aliphatic carbocycles. The summed E-state index contributed by atoms with van der Waals surface area (Å²) in [5.74, 6) is 5.88. The number of alkyl halides is 1. The number of nitrogens with zero attached hydrogens (tertiary/aromatic N) is 2. The van der Waals surface area contributed by atoms with Gasteiger partial charge in [-0.1, -0.05) is 5.92 Å². The van der Waals surface area contributed by atoms with Crippen molar-refractivity contribution in [3.8, 4) is 11.8 Å². The lowest BCUT2D eigenvalue weighted by Gasteiger charge is -1.78. The van der Waals surface area contributed by atoms with E-state index >= 15 is 0 Å². The van der Waals surface area contributed by atoms with Crippen molar-refractivity contribution in [2.24, 2.45) is 7.05 Å². The summed E-state index contributed by atoms with van der Waals surface area (Å²) in [5.41, 5.74) is 0.767. The Morgan fingerprint density at radius 3 is 3.10 bits per heavy atom. The summed E-state index contributed by atoms with van der Waals surface area (Å²) < 4.78 is 1.85. The molecule has 0 aromatic carbocycles. The van der Waals surface area contributed by atoms with Crippen LogP contribution in [0.1, 0.15) is 5.69 Å². The highest BCUT2D eigenvalue weighted by Crippen LogP contribution is 1.89. The van der Waals surface area contributed by atoms with Gasteiger partial charge >= 0.3 is 0 Å². The Balaban J connectivity index is 2.76. The second-order valence-electron chi connectivity index (χ2n) is 1.86. The maximum atomic E-state index is 5.35. The maximum absolute atomic E-state index is 5.35. The van der Waals surface area contributed by atoms with Gasteiger partial charge in [0.1, 0.15) is 5.69 Å². The molecule has 0 unspecified atom stereocenters. The van der Waals surface area contributed by atoms with Gasteiger partial charge < -0.3 is 4.57 Å². The predicted molar refractivity (Wildman–Crippen MR) is 40.8 cm³/mol. The second-order valence-corrected chi connectivity index (χ2v) is 2.13. The molecule has 0 amide bonds. The molecule has 0 fully saturated rings. The van der Waals surface area contributed by atoms with Gasteiger partial charge in [0.05, 0.1) is 12.2 Å². The minimum Gasteiger partial charge on any atom is -0.339 e. The van der Waals surface area contributed by atoms with Crippen LogP contribution in [0.5, 0.6) is 0 Å². The first-order valence-corrected chi connectivity index (χ1v) is 3.39. The molecule has 0 saturated carbocycles. The molecule has 52 valence electrons. The summed E-state index contributed by atoms with van der Waals surface area (Å²) in [5, 5.41) is 0. The fourth-order valence-electron chi connectivity index (χ4n) is 0.601. The minimum atomic E-state index is 0.358. The Kier molecular flexibility index (Phi) is 2.35. The number of halogens is 1. The predicted octanol–water partition coefficient (Wildman–Crippen LogP) is 1.01. The zero-order valence-electron chi connectivity index (χ0n) is 5.63. The highest BCUT2D eigenvalue weighted by molar-refractivity contribution is 6.19. The van der Waals surface area contributed by atoms with Crippen molar-refractivity contribution in [3.05, 3.63) is 18.2 Å². The van der Waals surface area contributed by atoms with Crippen LogP contribution in [0, 0.1) is 11.8 Å². The molecule has 1 aromatic rings. The van der Waals surface area contributed by atoms with Crippen LogP contribution in [0.25, 0.3) is 0 Å². The van der Waals surface area contributed by atoms with Crippen LogP contribution >= 0.6 is 11.6 Å². The van der Waals surface area contributed by atoms with Crippen molar-refractivity contribution in [2.75, 3.05) is 5.88 Å². The minimum absolute atomic E-state index is 0.358. The topological polar surface area (TPSA) is 17.8 Å². The van der Waals surface area contributed by atoms with E-state index in [4.69, 9.17) is 11.6 Å². The first kappa shape index (κ1) is 7.17. The molecule has 0 aliphatic heterocycles. The first-order valence-electron chi connectivity index (χ1n) is 2.85. The Morgan fingerprint density at radius 1 is 1.80 bits per heavy atom. The van der Waals surface area contributed by atoms with Gasteiger partial charge in [0.15, 0.2) is 0 Å². The summed E-state index contributed by atoms with van der Waals surface area (Å²) in [4.78, 5) is 3.98. The molecule has 0 radical (unpaired) electrons. The lowest BCUT2D eigenvalue weighted by molar-refractivity contribution is 0.913. The van der Waals surface area contributed by atoms with E-state index in [9.17, 15) is 0 Å². The molecule has 1 rings (SSSR count). The lowest BCUT2D eigenvalue weighted by Crippen LogP contribution is -1.77. The van der Waals surface area contributed by atoms with E-state index in [2.05, 4.69) is 16.8 Å². The van der Waals surface area contributed by atoms with E-state index in [0.717, 1.165) is 5.69 Å². The smallest absolute Gasteiger partial charge is 0.131 e. The number of imidazole rings is 1. The molecule has 0 bridgehead atoms. The second kappa shape index (κ2) is 3.28. The monoisotopic (exact) mass is 154 g/mol. The summed E-state index contributed by atoms with van der Waals surface area (Å²) in [7, 11) is 1.90.